The molecule has 2 rings (SSSR count). The Balaban J connectivity index is 2.04. The monoisotopic (exact) mass is 265 g/mol. The predicted octanol–water partition coefficient (Wildman–Crippen LogP) is 2.30. The van der Waals surface area contributed by atoms with Gasteiger partial charge in [0.1, 0.15) is 0 Å². The largest absolute Gasteiger partial charge is 0.434 e. The molecule has 1 amide bonds. The van der Waals surface area contributed by atoms with Gasteiger partial charge in [-0.05, 0) is 31.3 Å². The summed E-state index contributed by atoms with van der Waals surface area (Å²) in [6, 6.07) is 6.82. The van der Waals surface area contributed by atoms with Crippen molar-refractivity contribution in [1.29, 1.82) is 0 Å². The van der Waals surface area contributed by atoms with Crippen molar-refractivity contribution in [2.75, 3.05) is 12.4 Å². The lowest BCUT2D eigenvalue weighted by atomic mass is 10.3. The Bertz CT molecular complexity index is 537. The number of aromatic nitrogens is 1. The van der Waals surface area contributed by atoms with Crippen molar-refractivity contribution in [3.05, 3.63) is 47.1 Å². The first-order chi connectivity index (χ1) is 8.69. The zero-order valence-electron chi connectivity index (χ0n) is 9.74. The number of benzene rings is 1. The molecule has 6 heteroatoms. The molecule has 0 unspecified atom stereocenters. The second-order valence-corrected chi connectivity index (χ2v) is 4.05. The molecule has 2 N–H and O–H groups in total. The SMILES string of the molecule is CNCc1ncc(C(=O)Nc2ccc(Cl)cc2)o1. The number of nitrogens with zero attached hydrogens (tertiary/aromatic N) is 1. The maximum atomic E-state index is 11.8. The number of oxazole rings is 1. The first-order valence-electron chi connectivity index (χ1n) is 5.35. The molecule has 0 saturated carbocycles. The molecule has 0 aliphatic rings. The topological polar surface area (TPSA) is 67.2 Å². The minimum atomic E-state index is -0.341. The molecule has 0 bridgehead atoms. The van der Waals surface area contributed by atoms with E-state index >= 15 is 0 Å². The summed E-state index contributed by atoms with van der Waals surface area (Å²) in [5.41, 5.74) is 0.649. The van der Waals surface area contributed by atoms with Crippen LogP contribution in [0, 0.1) is 0 Å². The van der Waals surface area contributed by atoms with E-state index in [0.717, 1.165) is 0 Å². The third kappa shape index (κ3) is 3.09. The van der Waals surface area contributed by atoms with Gasteiger partial charge in [0.05, 0.1) is 12.7 Å². The molecule has 94 valence electrons. The van der Waals surface area contributed by atoms with Crippen molar-refractivity contribution in [2.45, 2.75) is 6.54 Å². The van der Waals surface area contributed by atoms with Crippen LogP contribution in [0.3, 0.4) is 0 Å². The van der Waals surface area contributed by atoms with E-state index in [1.807, 2.05) is 0 Å². The Morgan fingerprint density at radius 2 is 2.11 bits per heavy atom. The second-order valence-electron chi connectivity index (χ2n) is 3.61. The van der Waals surface area contributed by atoms with E-state index in [2.05, 4.69) is 15.6 Å². The van der Waals surface area contributed by atoms with E-state index in [-0.39, 0.29) is 11.7 Å². The van der Waals surface area contributed by atoms with Gasteiger partial charge in [0.2, 0.25) is 11.7 Å². The fourth-order valence-electron chi connectivity index (χ4n) is 1.37. The zero-order valence-corrected chi connectivity index (χ0v) is 10.5. The summed E-state index contributed by atoms with van der Waals surface area (Å²) >= 11 is 5.76. The van der Waals surface area contributed by atoms with Crippen LogP contribution in [-0.2, 0) is 6.54 Å². The number of anilines is 1. The Kier molecular flexibility index (Phi) is 3.96. The standard InChI is InChI=1S/C12H12ClN3O2/c1-14-7-11-15-6-10(18-11)12(17)16-9-4-2-8(13)3-5-9/h2-6,14H,7H2,1H3,(H,16,17). The molecular weight excluding hydrogens is 254 g/mol. The van der Waals surface area contributed by atoms with Gasteiger partial charge in [-0.25, -0.2) is 4.98 Å². The zero-order chi connectivity index (χ0) is 13.0. The molecule has 1 aromatic carbocycles. The molecule has 0 spiro atoms. The Labute approximate surface area is 109 Å². The van der Waals surface area contributed by atoms with E-state index in [1.54, 1.807) is 31.3 Å². The smallest absolute Gasteiger partial charge is 0.293 e. The first kappa shape index (κ1) is 12.6. The van der Waals surface area contributed by atoms with Crippen LogP contribution >= 0.6 is 11.6 Å². The Hall–Kier alpha value is -1.85. The molecule has 5 nitrogen and oxygen atoms in total. The molecule has 0 aliphatic heterocycles. The van der Waals surface area contributed by atoms with E-state index in [4.69, 9.17) is 16.0 Å². The lowest BCUT2D eigenvalue weighted by molar-refractivity contribution is 0.0995. The number of nitrogens with one attached hydrogen (secondary N) is 2. The molecule has 2 aromatic rings. The summed E-state index contributed by atoms with van der Waals surface area (Å²) in [4.78, 5) is 15.8. The molecule has 0 aliphatic carbocycles. The summed E-state index contributed by atoms with van der Waals surface area (Å²) in [7, 11) is 1.78. The average Bonchev–Trinajstić information content (AvgIpc) is 2.81. The van der Waals surface area contributed by atoms with Gasteiger partial charge in [0.25, 0.3) is 5.91 Å². The van der Waals surface area contributed by atoms with Crippen molar-refractivity contribution in [2.24, 2.45) is 0 Å². The highest BCUT2D eigenvalue weighted by Crippen LogP contribution is 2.14. The molecule has 18 heavy (non-hydrogen) atoms. The third-order valence-corrected chi connectivity index (χ3v) is 2.46. The van der Waals surface area contributed by atoms with Gasteiger partial charge in [-0.15, -0.1) is 0 Å². The molecule has 0 atom stereocenters. The molecule has 0 radical (unpaired) electrons. The van der Waals surface area contributed by atoms with Gasteiger partial charge in [0, 0.05) is 10.7 Å². The van der Waals surface area contributed by atoms with Crippen LogP contribution in [-0.4, -0.2) is 17.9 Å². The summed E-state index contributed by atoms with van der Waals surface area (Å²) < 4.78 is 5.27. The minimum Gasteiger partial charge on any atom is -0.434 e. The highest BCUT2D eigenvalue weighted by atomic mass is 35.5. The van der Waals surface area contributed by atoms with E-state index in [1.165, 1.54) is 6.20 Å². The molecule has 1 heterocycles. The number of halogens is 1. The Morgan fingerprint density at radius 1 is 1.39 bits per heavy atom. The van der Waals surface area contributed by atoms with E-state index in [9.17, 15) is 4.79 Å². The van der Waals surface area contributed by atoms with Gasteiger partial charge in [-0.2, -0.15) is 0 Å². The van der Waals surface area contributed by atoms with Crippen LogP contribution in [0.25, 0.3) is 0 Å². The lowest BCUT2D eigenvalue weighted by Crippen LogP contribution is -2.10. The van der Waals surface area contributed by atoms with E-state index in [0.29, 0.717) is 23.1 Å². The highest BCUT2D eigenvalue weighted by Gasteiger charge is 2.12. The number of carbonyl (C=O) groups excluding carboxylic acids is 1. The first-order valence-corrected chi connectivity index (χ1v) is 5.73. The van der Waals surface area contributed by atoms with Crippen molar-refractivity contribution < 1.29 is 9.21 Å². The maximum absolute atomic E-state index is 11.8. The molecule has 0 fully saturated rings. The summed E-state index contributed by atoms with van der Waals surface area (Å²) in [6.07, 6.45) is 1.40. The third-order valence-electron chi connectivity index (χ3n) is 2.21. The number of hydrogen-bond acceptors (Lipinski definition) is 4. The van der Waals surface area contributed by atoms with Crippen molar-refractivity contribution >= 4 is 23.2 Å². The maximum Gasteiger partial charge on any atom is 0.293 e. The van der Waals surface area contributed by atoms with Crippen molar-refractivity contribution in [1.82, 2.24) is 10.3 Å². The van der Waals surface area contributed by atoms with Crippen molar-refractivity contribution in [3.8, 4) is 0 Å². The van der Waals surface area contributed by atoms with Crippen LogP contribution in [0.4, 0.5) is 5.69 Å². The van der Waals surface area contributed by atoms with Crippen LogP contribution < -0.4 is 10.6 Å². The fourth-order valence-corrected chi connectivity index (χ4v) is 1.50. The summed E-state index contributed by atoms with van der Waals surface area (Å²) in [5.74, 6) is 0.307. The lowest BCUT2D eigenvalue weighted by Gasteiger charge is -2.02. The summed E-state index contributed by atoms with van der Waals surface area (Å²) in [5, 5.41) is 6.19. The van der Waals surface area contributed by atoms with Gasteiger partial charge < -0.3 is 15.1 Å². The second kappa shape index (κ2) is 5.66. The van der Waals surface area contributed by atoms with Crippen molar-refractivity contribution in [3.63, 3.8) is 0 Å². The highest BCUT2D eigenvalue weighted by molar-refractivity contribution is 6.30. The minimum absolute atomic E-state index is 0.176. The van der Waals surface area contributed by atoms with Gasteiger partial charge in [-0.1, -0.05) is 11.6 Å². The molecule has 1 aromatic heterocycles. The predicted molar refractivity (Wildman–Crippen MR) is 68.7 cm³/mol. The van der Waals surface area contributed by atoms with Crippen LogP contribution in [0.2, 0.25) is 5.02 Å². The van der Waals surface area contributed by atoms with Crippen LogP contribution in [0.5, 0.6) is 0 Å². The van der Waals surface area contributed by atoms with Crippen LogP contribution in [0.1, 0.15) is 16.4 Å². The Morgan fingerprint density at radius 3 is 2.78 bits per heavy atom. The average molecular weight is 266 g/mol. The number of amides is 1. The number of rotatable bonds is 4. The quantitative estimate of drug-likeness (QED) is 0.890. The molecular formula is C12H12ClN3O2. The summed E-state index contributed by atoms with van der Waals surface area (Å²) in [6.45, 7) is 0.480. The normalized spacial score (nSPS) is 10.3. The van der Waals surface area contributed by atoms with Crippen LogP contribution in [0.15, 0.2) is 34.9 Å². The van der Waals surface area contributed by atoms with Gasteiger partial charge >= 0.3 is 0 Å². The van der Waals surface area contributed by atoms with Gasteiger partial charge in [-0.3, -0.25) is 4.79 Å². The number of hydrogen-bond donors (Lipinski definition) is 2. The van der Waals surface area contributed by atoms with E-state index < -0.39 is 0 Å². The fraction of sp³-hybridized carbons (Fsp3) is 0.167. The van der Waals surface area contributed by atoms with Gasteiger partial charge in [0.15, 0.2) is 0 Å². The number of carbonyl (C=O) groups is 1. The molecule has 0 saturated heterocycles.